The minimum atomic E-state index is -0.743. The molecule has 1 aromatic rings. The lowest BCUT2D eigenvalue weighted by Gasteiger charge is -2.24. The molecule has 1 aliphatic heterocycles. The van der Waals surface area contributed by atoms with Crippen LogP contribution in [0.1, 0.15) is 19.5 Å². The molecular weight excluding hydrogens is 401 g/mol. The third-order valence-corrected chi connectivity index (χ3v) is 5.35. The van der Waals surface area contributed by atoms with E-state index >= 15 is 0 Å². The summed E-state index contributed by atoms with van der Waals surface area (Å²) in [7, 11) is 1.13. The van der Waals surface area contributed by atoms with Crippen LogP contribution in [-0.4, -0.2) is 102 Å². The maximum atomic E-state index is 14.3. The number of hydrogen-bond acceptors (Lipinski definition) is 8. The van der Waals surface area contributed by atoms with Crippen LogP contribution in [0.25, 0.3) is 0 Å². The summed E-state index contributed by atoms with van der Waals surface area (Å²) in [5, 5.41) is 10.8. The Morgan fingerprint density at radius 1 is 1.03 bits per heavy atom. The second-order valence-corrected chi connectivity index (χ2v) is 7.81. The van der Waals surface area contributed by atoms with Gasteiger partial charge in [0.15, 0.2) is 0 Å². The minimum Gasteiger partial charge on any atom is -0.378 e. The lowest BCUT2D eigenvalue weighted by Crippen LogP contribution is -2.37. The molecule has 0 radical (unpaired) electrons. The van der Waals surface area contributed by atoms with Gasteiger partial charge in [0.2, 0.25) is 5.95 Å². The standard InChI is InChI=1S/C16H30FN5O4S.C2H6/c1-18-2-6-24-8-10-26-11-9-25-7-3-22-16(17)15(19-20-22)14-21-4-12-27(23)13-5-21;1-2/h18H,2-14H2,1H3;1-2H3. The van der Waals surface area contributed by atoms with Crippen LogP contribution in [0.3, 0.4) is 0 Å². The van der Waals surface area contributed by atoms with E-state index in [9.17, 15) is 8.60 Å². The maximum absolute atomic E-state index is 14.3. The van der Waals surface area contributed by atoms with Gasteiger partial charge in [0.1, 0.15) is 5.69 Å². The zero-order valence-corrected chi connectivity index (χ0v) is 18.7. The molecule has 0 atom stereocenters. The van der Waals surface area contributed by atoms with Gasteiger partial charge in [-0.05, 0) is 7.05 Å². The van der Waals surface area contributed by atoms with Crippen LogP contribution in [0.5, 0.6) is 0 Å². The van der Waals surface area contributed by atoms with E-state index < -0.39 is 16.7 Å². The first-order valence-electron chi connectivity index (χ1n) is 10.2. The van der Waals surface area contributed by atoms with E-state index in [1.54, 1.807) is 0 Å². The van der Waals surface area contributed by atoms with Crippen LogP contribution in [0.4, 0.5) is 4.39 Å². The van der Waals surface area contributed by atoms with Gasteiger partial charge in [-0.3, -0.25) is 9.11 Å². The second kappa shape index (κ2) is 16.8. The van der Waals surface area contributed by atoms with E-state index in [-0.39, 0.29) is 0 Å². The van der Waals surface area contributed by atoms with Gasteiger partial charge in [0.25, 0.3) is 0 Å². The SMILES string of the molecule is CC.CNCCOCCOCCOCCn1nnc(CN2CCS(=O)CC2)c1F. The number of halogens is 1. The first-order valence-corrected chi connectivity index (χ1v) is 11.7. The zero-order valence-electron chi connectivity index (χ0n) is 17.9. The highest BCUT2D eigenvalue weighted by Gasteiger charge is 2.19. The molecule has 1 aromatic heterocycles. The molecule has 2 heterocycles. The summed E-state index contributed by atoms with van der Waals surface area (Å²) in [6.45, 7) is 9.91. The fourth-order valence-corrected chi connectivity index (χ4v) is 3.62. The largest absolute Gasteiger partial charge is 0.378 e. The lowest BCUT2D eigenvalue weighted by atomic mass is 10.4. The van der Waals surface area contributed by atoms with Gasteiger partial charge in [-0.1, -0.05) is 19.1 Å². The van der Waals surface area contributed by atoms with Gasteiger partial charge < -0.3 is 19.5 Å². The summed E-state index contributed by atoms with van der Waals surface area (Å²) in [6, 6.07) is 0. The van der Waals surface area contributed by atoms with Crippen molar-refractivity contribution in [1.29, 1.82) is 0 Å². The molecule has 1 saturated heterocycles. The third-order valence-electron chi connectivity index (χ3n) is 4.07. The highest BCUT2D eigenvalue weighted by molar-refractivity contribution is 7.85. The summed E-state index contributed by atoms with van der Waals surface area (Å²) in [4.78, 5) is 2.05. The van der Waals surface area contributed by atoms with Gasteiger partial charge in [-0.2, -0.15) is 4.39 Å². The zero-order chi connectivity index (χ0) is 21.3. The Hall–Kier alpha value is -0.980. The Labute approximate surface area is 175 Å². The smallest absolute Gasteiger partial charge is 0.236 e. The van der Waals surface area contributed by atoms with Crippen LogP contribution in [-0.2, 0) is 38.1 Å². The second-order valence-electron chi connectivity index (χ2n) is 6.11. The molecule has 0 spiro atoms. The van der Waals surface area contributed by atoms with Crippen molar-refractivity contribution in [1.82, 2.24) is 25.2 Å². The van der Waals surface area contributed by atoms with Crippen molar-refractivity contribution in [3.8, 4) is 0 Å². The molecule has 9 nitrogen and oxygen atoms in total. The number of nitrogens with zero attached hydrogens (tertiary/aromatic N) is 4. The fourth-order valence-electron chi connectivity index (χ4n) is 2.49. The molecule has 29 heavy (non-hydrogen) atoms. The predicted octanol–water partition coefficient (Wildman–Crippen LogP) is 0.277. The quantitative estimate of drug-likeness (QED) is 0.415. The molecule has 11 heteroatoms. The highest BCUT2D eigenvalue weighted by atomic mass is 32.2. The number of rotatable bonds is 14. The molecular formula is C18H36FN5O4S. The summed E-state index contributed by atoms with van der Waals surface area (Å²) < 4.78 is 43.0. The molecule has 0 bridgehead atoms. The van der Waals surface area contributed by atoms with Crippen molar-refractivity contribution in [2.75, 3.05) is 77.8 Å². The van der Waals surface area contributed by atoms with Crippen molar-refractivity contribution in [2.45, 2.75) is 26.9 Å². The molecule has 1 fully saturated rings. The number of nitrogens with one attached hydrogen (secondary N) is 1. The average Bonchev–Trinajstić information content (AvgIpc) is 3.09. The Balaban J connectivity index is 0.00000204. The van der Waals surface area contributed by atoms with E-state index in [0.717, 1.165) is 6.54 Å². The van der Waals surface area contributed by atoms with E-state index in [0.29, 0.717) is 83.0 Å². The van der Waals surface area contributed by atoms with Gasteiger partial charge >= 0.3 is 0 Å². The molecule has 2 rings (SSSR count). The van der Waals surface area contributed by atoms with Crippen LogP contribution in [0, 0.1) is 5.95 Å². The predicted molar refractivity (Wildman–Crippen MR) is 111 cm³/mol. The first kappa shape index (κ1) is 26.1. The summed E-state index contributed by atoms with van der Waals surface area (Å²) in [5.74, 6) is 0.835. The minimum absolute atomic E-state index is 0.302. The van der Waals surface area contributed by atoms with Gasteiger partial charge in [0.05, 0.1) is 46.2 Å². The van der Waals surface area contributed by atoms with Crippen LogP contribution in [0.15, 0.2) is 0 Å². The van der Waals surface area contributed by atoms with Crippen LogP contribution < -0.4 is 5.32 Å². The van der Waals surface area contributed by atoms with Gasteiger partial charge in [0, 0.05) is 48.5 Å². The number of likely N-dealkylation sites (N-methyl/N-ethyl adjacent to an activating group) is 1. The normalized spacial score (nSPS) is 15.3. The molecule has 0 aromatic carbocycles. The fraction of sp³-hybridized carbons (Fsp3) is 0.889. The van der Waals surface area contributed by atoms with Crippen molar-refractivity contribution in [3.63, 3.8) is 0 Å². The van der Waals surface area contributed by atoms with E-state index in [1.807, 2.05) is 20.9 Å². The summed E-state index contributed by atoms with van der Waals surface area (Å²) in [5.41, 5.74) is 0.323. The van der Waals surface area contributed by atoms with Gasteiger partial charge in [-0.15, -0.1) is 5.10 Å². The summed E-state index contributed by atoms with van der Waals surface area (Å²) >= 11 is 0. The number of aromatic nitrogens is 3. The van der Waals surface area contributed by atoms with Crippen molar-refractivity contribution in [3.05, 3.63) is 11.6 Å². The molecule has 0 unspecified atom stereocenters. The number of hydrogen-bond donors (Lipinski definition) is 1. The van der Waals surface area contributed by atoms with Crippen molar-refractivity contribution < 1.29 is 22.8 Å². The molecule has 0 aliphatic carbocycles. The first-order chi connectivity index (χ1) is 14.2. The average molecular weight is 438 g/mol. The molecule has 1 N–H and O–H groups in total. The Kier molecular flexibility index (Phi) is 15.1. The topological polar surface area (TPSA) is 90.7 Å². The molecule has 170 valence electrons. The Bertz CT molecular complexity index is 554. The Morgan fingerprint density at radius 3 is 2.24 bits per heavy atom. The van der Waals surface area contributed by atoms with Crippen molar-refractivity contribution in [2.24, 2.45) is 0 Å². The van der Waals surface area contributed by atoms with E-state index in [2.05, 4.69) is 20.5 Å². The maximum Gasteiger partial charge on any atom is 0.236 e. The van der Waals surface area contributed by atoms with E-state index in [4.69, 9.17) is 14.2 Å². The van der Waals surface area contributed by atoms with Crippen LogP contribution in [0.2, 0.25) is 0 Å². The van der Waals surface area contributed by atoms with Gasteiger partial charge in [-0.25, -0.2) is 4.68 Å². The third kappa shape index (κ3) is 11.1. The van der Waals surface area contributed by atoms with Crippen molar-refractivity contribution >= 4 is 10.8 Å². The Morgan fingerprint density at radius 2 is 1.62 bits per heavy atom. The highest BCUT2D eigenvalue weighted by Crippen LogP contribution is 2.09. The summed E-state index contributed by atoms with van der Waals surface area (Å²) in [6.07, 6.45) is 0. The lowest BCUT2D eigenvalue weighted by molar-refractivity contribution is 0.0130. The molecule has 1 aliphatic rings. The van der Waals surface area contributed by atoms with E-state index in [1.165, 1.54) is 4.68 Å². The molecule has 0 amide bonds. The molecule has 0 saturated carbocycles. The number of ether oxygens (including phenoxy) is 3. The van der Waals surface area contributed by atoms with Crippen LogP contribution >= 0.6 is 0 Å². The monoisotopic (exact) mass is 437 g/mol.